The van der Waals surface area contributed by atoms with Crippen molar-refractivity contribution in [1.29, 1.82) is 0 Å². The molecular formula is H18O42Si18. The molecule has 7 fully saturated rings. The number of hydrogen-bond acceptors (Lipinski definition) is 42. The van der Waals surface area contributed by atoms with Gasteiger partial charge in [0.05, 0.1) is 0 Å². The summed E-state index contributed by atoms with van der Waals surface area (Å²) in [5.41, 5.74) is 0. The molecule has 0 amide bonds. The number of rotatable bonds is 2. The third-order valence-corrected chi connectivity index (χ3v) is 53.5. The minimum absolute atomic E-state index is 2.21. The Morgan fingerprint density at radius 1 is 0.200 bits per heavy atom. The zero-order chi connectivity index (χ0) is 45.0. The van der Waals surface area contributed by atoms with Crippen molar-refractivity contribution >= 4 is 166 Å². The summed E-state index contributed by atoms with van der Waals surface area (Å²) < 4.78 is 111. The second kappa shape index (κ2) is 14.9. The molecule has 5 unspecified atom stereocenters. The van der Waals surface area contributed by atoms with Gasteiger partial charge in [-0.25, -0.2) is 0 Å². The lowest BCUT2D eigenvalue weighted by atomic mass is 15.5. The molecule has 7 saturated heterocycles. The summed E-state index contributed by atoms with van der Waals surface area (Å²) in [4.78, 5) is 197. The van der Waals surface area contributed by atoms with Crippen LogP contribution >= 0.6 is 0 Å². The van der Waals surface area contributed by atoms with Gasteiger partial charge in [0.25, 0.3) is 0 Å². The van der Waals surface area contributed by atoms with Gasteiger partial charge in [-0.3, -0.25) is 0 Å². The van der Waals surface area contributed by atoms with E-state index in [1.807, 2.05) is 0 Å². The zero-order valence-corrected chi connectivity index (χ0v) is 44.8. The van der Waals surface area contributed by atoms with E-state index in [1.54, 1.807) is 0 Å². The van der Waals surface area contributed by atoms with Crippen LogP contribution in [-0.2, 0) is 98.8 Å². The lowest BCUT2D eigenvalue weighted by Crippen LogP contribution is -2.87. The Hall–Kier alpha value is 2.22. The number of hydrogen-bond donors (Lipinski definition) is 18. The van der Waals surface area contributed by atoms with E-state index in [0.717, 1.165) is 0 Å². The molecule has 0 aromatic rings. The summed E-state index contributed by atoms with van der Waals surface area (Å²) in [5.74, 6) is 0. The highest BCUT2D eigenvalue weighted by Crippen LogP contribution is 2.43. The number of fused-ring (bicyclic) bond motifs is 12. The second-order valence-electron chi connectivity index (χ2n) is 10.9. The standard InChI is InChI=1S/H18O42Si18/c1-45(2)21-47(5,19-43)25-51(9)27-49(7,23-45)29-53(11)33-55(13,31-51)37-59(17)39-57(15,35-53)41-60(18)38-56(14)32-52(10)26-48(6,20-44)22-46(3,4)24-50(8,28-52)30-54(12,34-56)36-58(16,40-60)42-59/h1-18H/t47-,48?,49?,50-,51+,52-,53+,54-,55-,56?,57?,58+,59+,60?/m0/s1. The molecule has 7 rings (SSSR count). The van der Waals surface area contributed by atoms with Gasteiger partial charge in [-0.1, -0.05) is 0 Å². The molecule has 7 heterocycles. The van der Waals surface area contributed by atoms with Crippen molar-refractivity contribution in [3.05, 3.63) is 0 Å². The summed E-state index contributed by atoms with van der Waals surface area (Å²) in [7, 11) is -99.9. The van der Waals surface area contributed by atoms with Gasteiger partial charge >= 0.3 is 145 Å². The summed E-state index contributed by atoms with van der Waals surface area (Å²) in [6.45, 7) is 0. The normalized spacial score (nSPS) is 58.2. The van der Waals surface area contributed by atoms with Crippen molar-refractivity contribution in [2.24, 2.45) is 0 Å². The average molecular weight is 1200 g/mol. The first-order valence-electron chi connectivity index (χ1n) is 13.8. The quantitative estimate of drug-likeness (QED) is 0.114. The van der Waals surface area contributed by atoms with Crippen molar-refractivity contribution in [3.63, 3.8) is 0 Å². The van der Waals surface area contributed by atoms with E-state index in [1.165, 1.54) is 0 Å². The van der Waals surface area contributed by atoms with Gasteiger partial charge in [0.2, 0.25) is 21.0 Å². The van der Waals surface area contributed by atoms with Gasteiger partial charge in [0, 0.05) is 0 Å². The first-order valence-corrected chi connectivity index (χ1v) is 41.5. The van der Waals surface area contributed by atoms with Crippen LogP contribution in [0.1, 0.15) is 0 Å². The van der Waals surface area contributed by atoms with E-state index in [0.29, 0.717) is 0 Å². The summed E-state index contributed by atoms with van der Waals surface area (Å²) in [6, 6.07) is 0. The van der Waals surface area contributed by atoms with Gasteiger partial charge in [-0.2, -0.15) is 0 Å². The molecule has 60 heteroatoms. The zero-order valence-electron chi connectivity index (χ0n) is 26.8. The molecule has 0 aliphatic carbocycles. The molecule has 6 radical (unpaired) electrons. The fraction of sp³-hybridized carbons (Fsp3) is 0. The van der Waals surface area contributed by atoms with Crippen molar-refractivity contribution in [1.82, 2.24) is 0 Å². The van der Waals surface area contributed by atoms with Crippen LogP contribution in [0.2, 0.25) is 0 Å². The Labute approximate surface area is 349 Å². The molecular weight excluding hydrogens is 1180 g/mol. The van der Waals surface area contributed by atoms with Crippen LogP contribution in [0.4, 0.5) is 0 Å². The topological polar surface area (TPSA) is 586 Å². The van der Waals surface area contributed by atoms with Gasteiger partial charge in [-0.15, -0.1) is 0 Å². The SMILES string of the molecule is O[Si]1(O)O[Si](O)(O[Si])O[Si@]2(O)O[Si]3(O)O[Si]4(O)O[Si]5(O)O[Si@]6(O)O[Si]7(O)O[Si](O)(O)O[Si@](O)(O[Si])O[Si@](O)(O7)O[Si@@](O)(O6)O[Si@](O)(O5)O[Si@@](O)(O4)O[Si@](O)(O3)O[Si@@](O)(O1)O2. The van der Waals surface area contributed by atoms with Crippen molar-refractivity contribution < 1.29 is 185 Å². The maximum absolute atomic E-state index is 11.5. The van der Waals surface area contributed by atoms with E-state index in [2.05, 4.69) is 70.4 Å². The fourth-order valence-electron chi connectivity index (χ4n) is 4.52. The Morgan fingerprint density at radius 3 is 0.483 bits per heavy atom. The predicted octanol–water partition coefficient (Wildman–Crippen LogP) is -18.5. The summed E-state index contributed by atoms with van der Waals surface area (Å²) in [6.07, 6.45) is 0. The van der Waals surface area contributed by atoms with Gasteiger partial charge < -0.3 is 185 Å². The molecule has 0 aromatic carbocycles. The van der Waals surface area contributed by atoms with Crippen molar-refractivity contribution in [2.45, 2.75) is 0 Å². The molecule has 0 aromatic heterocycles. The van der Waals surface area contributed by atoms with Crippen LogP contribution in [0.15, 0.2) is 0 Å². The maximum atomic E-state index is 11.5. The smallest absolute Gasteiger partial charge is 0.395 e. The Morgan fingerprint density at radius 2 is 0.333 bits per heavy atom. The predicted molar refractivity (Wildman–Crippen MR) is 170 cm³/mol. The van der Waals surface area contributed by atoms with Crippen LogP contribution < -0.4 is 0 Å². The molecule has 42 nitrogen and oxygen atoms in total. The highest BCUT2D eigenvalue weighted by molar-refractivity contribution is 6.96. The maximum Gasteiger partial charge on any atom is 0.662 e. The molecule has 12 bridgehead atoms. The molecule has 0 spiro atoms. The van der Waals surface area contributed by atoms with E-state index in [4.69, 9.17) is 49.4 Å². The molecule has 7 aliphatic heterocycles. The molecule has 342 valence electrons. The van der Waals surface area contributed by atoms with Crippen LogP contribution in [0.3, 0.4) is 0 Å². The Balaban J connectivity index is 1.33. The van der Waals surface area contributed by atoms with E-state index >= 15 is 0 Å². The monoisotopic (exact) mass is 1190 g/mol. The molecule has 18 N–H and O–H groups in total. The molecule has 0 saturated carbocycles. The average Bonchev–Trinajstić information content (AvgIpc) is 2.86. The minimum Gasteiger partial charge on any atom is -0.395 e. The van der Waals surface area contributed by atoms with E-state index < -0.39 is 145 Å². The third-order valence-electron chi connectivity index (χ3n) is 5.95. The van der Waals surface area contributed by atoms with E-state index in [9.17, 15) is 86.3 Å². The lowest BCUT2D eigenvalue weighted by Gasteiger charge is -2.50. The van der Waals surface area contributed by atoms with Crippen molar-refractivity contribution in [3.8, 4) is 0 Å². The van der Waals surface area contributed by atoms with Crippen molar-refractivity contribution in [2.75, 3.05) is 0 Å². The summed E-state index contributed by atoms with van der Waals surface area (Å²) >= 11 is 0. The lowest BCUT2D eigenvalue weighted by molar-refractivity contribution is -0.116. The van der Waals surface area contributed by atoms with Gasteiger partial charge in [-0.05, 0) is 0 Å². The second-order valence-corrected chi connectivity index (χ2v) is 47.3. The van der Waals surface area contributed by atoms with E-state index in [-0.39, 0.29) is 0 Å². The van der Waals surface area contributed by atoms with Crippen LogP contribution in [-0.4, -0.2) is 252 Å². The highest BCUT2D eigenvalue weighted by atomic mass is 28.7. The summed E-state index contributed by atoms with van der Waals surface area (Å²) in [5, 5.41) is 0. The van der Waals surface area contributed by atoms with Gasteiger partial charge in [0.15, 0.2) is 0 Å². The van der Waals surface area contributed by atoms with Crippen LogP contribution in [0, 0.1) is 0 Å². The Bertz CT molecular complexity index is 1580. The van der Waals surface area contributed by atoms with Gasteiger partial charge in [0.1, 0.15) is 0 Å². The third kappa shape index (κ3) is 10.7. The molecule has 60 heavy (non-hydrogen) atoms. The first kappa shape index (κ1) is 50.1. The minimum atomic E-state index is -6.85. The fourth-order valence-corrected chi connectivity index (χ4v) is 57.2. The largest absolute Gasteiger partial charge is 0.662 e. The van der Waals surface area contributed by atoms with Crippen LogP contribution in [0.25, 0.3) is 0 Å². The molecule has 7 aliphatic rings. The molecule has 14 atom stereocenters. The highest BCUT2D eigenvalue weighted by Gasteiger charge is 2.87. The Kier molecular flexibility index (Phi) is 12.4. The first-order chi connectivity index (χ1) is 26.7. The van der Waals surface area contributed by atoms with Crippen LogP contribution in [0.5, 0.6) is 0 Å².